The standard InChI is InChI=1S/C13H11BrFN3O2/c14-9-1-2-12(10(15)6-9)20-7-8-3-4-17-11(5-8)13(16)18-19/h1-6,19H,7H2,(H2,16,18). The first kappa shape index (κ1) is 14.3. The highest BCUT2D eigenvalue weighted by molar-refractivity contribution is 9.10. The van der Waals surface area contributed by atoms with Crippen molar-refractivity contribution in [1.29, 1.82) is 0 Å². The van der Waals surface area contributed by atoms with Crippen molar-refractivity contribution in [2.45, 2.75) is 6.61 Å². The number of halogens is 2. The quantitative estimate of drug-likeness (QED) is 0.388. The second kappa shape index (κ2) is 6.33. The van der Waals surface area contributed by atoms with E-state index in [1.54, 1.807) is 18.2 Å². The van der Waals surface area contributed by atoms with Crippen molar-refractivity contribution < 1.29 is 14.3 Å². The van der Waals surface area contributed by atoms with Gasteiger partial charge in [0.2, 0.25) is 0 Å². The molecular weight excluding hydrogens is 329 g/mol. The Morgan fingerprint density at radius 2 is 2.20 bits per heavy atom. The zero-order valence-electron chi connectivity index (χ0n) is 10.3. The van der Waals surface area contributed by atoms with E-state index in [0.29, 0.717) is 10.2 Å². The van der Waals surface area contributed by atoms with Gasteiger partial charge in [-0.15, -0.1) is 0 Å². The summed E-state index contributed by atoms with van der Waals surface area (Å²) in [6.45, 7) is 0.146. The van der Waals surface area contributed by atoms with Crippen LogP contribution in [0, 0.1) is 5.82 Å². The number of amidine groups is 1. The van der Waals surface area contributed by atoms with Crippen molar-refractivity contribution in [3.05, 3.63) is 58.1 Å². The maximum absolute atomic E-state index is 13.6. The van der Waals surface area contributed by atoms with Crippen LogP contribution >= 0.6 is 15.9 Å². The minimum absolute atomic E-state index is 0.0957. The lowest BCUT2D eigenvalue weighted by Crippen LogP contribution is -2.15. The molecule has 1 aromatic carbocycles. The van der Waals surface area contributed by atoms with E-state index in [9.17, 15) is 4.39 Å². The third-order valence-corrected chi connectivity index (χ3v) is 2.98. The summed E-state index contributed by atoms with van der Waals surface area (Å²) in [4.78, 5) is 3.94. The summed E-state index contributed by atoms with van der Waals surface area (Å²) in [6.07, 6.45) is 1.50. The molecule has 0 bridgehead atoms. The molecule has 0 saturated carbocycles. The molecule has 3 N–H and O–H groups in total. The molecule has 0 aliphatic carbocycles. The minimum Gasteiger partial charge on any atom is -0.486 e. The highest BCUT2D eigenvalue weighted by Crippen LogP contribution is 2.22. The van der Waals surface area contributed by atoms with Crippen molar-refractivity contribution >= 4 is 21.8 Å². The number of benzene rings is 1. The number of hydrogen-bond donors (Lipinski definition) is 2. The highest BCUT2D eigenvalue weighted by atomic mass is 79.9. The molecule has 0 radical (unpaired) electrons. The molecule has 0 spiro atoms. The monoisotopic (exact) mass is 339 g/mol. The lowest BCUT2D eigenvalue weighted by Gasteiger charge is -2.08. The van der Waals surface area contributed by atoms with E-state index in [1.807, 2.05) is 0 Å². The van der Waals surface area contributed by atoms with E-state index in [1.165, 1.54) is 18.3 Å². The molecule has 0 unspecified atom stereocenters. The average molecular weight is 340 g/mol. The topological polar surface area (TPSA) is 80.7 Å². The average Bonchev–Trinajstić information content (AvgIpc) is 2.46. The Bertz CT molecular complexity index is 649. The highest BCUT2D eigenvalue weighted by Gasteiger charge is 2.06. The summed E-state index contributed by atoms with van der Waals surface area (Å²) in [5.74, 6) is -0.401. The lowest BCUT2D eigenvalue weighted by atomic mass is 10.2. The molecule has 7 heteroatoms. The Labute approximate surface area is 123 Å². The fraction of sp³-hybridized carbons (Fsp3) is 0.0769. The summed E-state index contributed by atoms with van der Waals surface area (Å²) in [5.41, 5.74) is 6.49. The van der Waals surface area contributed by atoms with Crippen LogP contribution in [0.3, 0.4) is 0 Å². The summed E-state index contributed by atoms with van der Waals surface area (Å²) >= 11 is 3.17. The van der Waals surface area contributed by atoms with Crippen LogP contribution in [0.15, 0.2) is 46.2 Å². The molecular formula is C13H11BrFN3O2. The van der Waals surface area contributed by atoms with Crippen LogP contribution in [0.5, 0.6) is 5.75 Å². The Hall–Kier alpha value is -2.15. The third-order valence-electron chi connectivity index (χ3n) is 2.48. The van der Waals surface area contributed by atoms with Crippen molar-refractivity contribution in [2.24, 2.45) is 10.9 Å². The predicted octanol–water partition coefficient (Wildman–Crippen LogP) is 2.66. The van der Waals surface area contributed by atoms with E-state index in [2.05, 4.69) is 26.1 Å². The van der Waals surface area contributed by atoms with E-state index in [0.717, 1.165) is 5.56 Å². The summed E-state index contributed by atoms with van der Waals surface area (Å²) < 4.78 is 19.6. The number of hydrogen-bond acceptors (Lipinski definition) is 4. The van der Waals surface area contributed by atoms with E-state index < -0.39 is 5.82 Å². The Morgan fingerprint density at radius 1 is 1.40 bits per heavy atom. The Balaban J connectivity index is 2.11. The maximum Gasteiger partial charge on any atom is 0.188 e. The van der Waals surface area contributed by atoms with Crippen molar-refractivity contribution in [3.63, 3.8) is 0 Å². The van der Waals surface area contributed by atoms with Gasteiger partial charge in [0.15, 0.2) is 17.4 Å². The zero-order chi connectivity index (χ0) is 14.5. The first-order valence-corrected chi connectivity index (χ1v) is 6.40. The fourth-order valence-electron chi connectivity index (χ4n) is 1.51. The van der Waals surface area contributed by atoms with Crippen molar-refractivity contribution in [2.75, 3.05) is 0 Å². The van der Waals surface area contributed by atoms with Gasteiger partial charge in [-0.1, -0.05) is 21.1 Å². The number of oxime groups is 1. The van der Waals surface area contributed by atoms with Gasteiger partial charge in [0, 0.05) is 10.7 Å². The molecule has 2 aromatic rings. The molecule has 20 heavy (non-hydrogen) atoms. The summed E-state index contributed by atoms with van der Waals surface area (Å²) in [7, 11) is 0. The van der Waals surface area contributed by atoms with Crippen LogP contribution < -0.4 is 10.5 Å². The Kier molecular flexibility index (Phi) is 4.52. The summed E-state index contributed by atoms with van der Waals surface area (Å²) in [6, 6.07) is 7.85. The summed E-state index contributed by atoms with van der Waals surface area (Å²) in [5, 5.41) is 11.5. The second-order valence-corrected chi connectivity index (χ2v) is 4.81. The Morgan fingerprint density at radius 3 is 2.90 bits per heavy atom. The van der Waals surface area contributed by atoms with Gasteiger partial charge in [-0.05, 0) is 35.9 Å². The normalized spacial score (nSPS) is 11.4. The molecule has 1 aromatic heterocycles. The lowest BCUT2D eigenvalue weighted by molar-refractivity contribution is 0.290. The number of rotatable bonds is 4. The number of aromatic nitrogens is 1. The van der Waals surface area contributed by atoms with Crippen LogP contribution in [0.1, 0.15) is 11.3 Å². The number of ether oxygens (including phenoxy) is 1. The van der Waals surface area contributed by atoms with Gasteiger partial charge in [-0.3, -0.25) is 4.98 Å². The minimum atomic E-state index is -0.454. The van der Waals surface area contributed by atoms with Gasteiger partial charge in [-0.2, -0.15) is 0 Å². The second-order valence-electron chi connectivity index (χ2n) is 3.90. The SMILES string of the molecule is NC(=NO)c1cc(COc2ccc(Br)cc2F)ccn1. The van der Waals surface area contributed by atoms with Crippen LogP contribution in [0.4, 0.5) is 4.39 Å². The first-order valence-electron chi connectivity index (χ1n) is 5.61. The van der Waals surface area contributed by atoms with Gasteiger partial charge in [0.25, 0.3) is 0 Å². The van der Waals surface area contributed by atoms with E-state index in [4.69, 9.17) is 15.7 Å². The maximum atomic E-state index is 13.6. The van der Waals surface area contributed by atoms with Crippen LogP contribution in [-0.4, -0.2) is 16.0 Å². The van der Waals surface area contributed by atoms with E-state index in [-0.39, 0.29) is 18.2 Å². The molecule has 0 amide bonds. The largest absolute Gasteiger partial charge is 0.486 e. The van der Waals surface area contributed by atoms with Gasteiger partial charge in [0.05, 0.1) is 0 Å². The van der Waals surface area contributed by atoms with E-state index >= 15 is 0 Å². The molecule has 0 fully saturated rings. The molecule has 0 aliphatic heterocycles. The molecule has 0 atom stereocenters. The van der Waals surface area contributed by atoms with Crippen molar-refractivity contribution in [3.8, 4) is 5.75 Å². The van der Waals surface area contributed by atoms with Gasteiger partial charge in [-0.25, -0.2) is 4.39 Å². The van der Waals surface area contributed by atoms with Crippen LogP contribution in [0.2, 0.25) is 0 Å². The smallest absolute Gasteiger partial charge is 0.188 e. The number of nitrogens with two attached hydrogens (primary N) is 1. The molecule has 0 aliphatic rings. The number of nitrogens with zero attached hydrogens (tertiary/aromatic N) is 2. The van der Waals surface area contributed by atoms with Crippen LogP contribution in [-0.2, 0) is 6.61 Å². The number of pyridine rings is 1. The molecule has 5 nitrogen and oxygen atoms in total. The van der Waals surface area contributed by atoms with Crippen LogP contribution in [0.25, 0.3) is 0 Å². The predicted molar refractivity (Wildman–Crippen MR) is 75.2 cm³/mol. The molecule has 1 heterocycles. The molecule has 104 valence electrons. The third kappa shape index (κ3) is 3.45. The fourth-order valence-corrected chi connectivity index (χ4v) is 1.84. The molecule has 0 saturated heterocycles. The zero-order valence-corrected chi connectivity index (χ0v) is 11.8. The van der Waals surface area contributed by atoms with Crippen molar-refractivity contribution in [1.82, 2.24) is 4.98 Å². The molecule has 2 rings (SSSR count). The van der Waals surface area contributed by atoms with Gasteiger partial charge < -0.3 is 15.7 Å². The first-order chi connectivity index (χ1) is 9.60. The van der Waals surface area contributed by atoms with Gasteiger partial charge in [0.1, 0.15) is 12.3 Å². The van der Waals surface area contributed by atoms with Gasteiger partial charge >= 0.3 is 0 Å².